The Kier molecular flexibility index (Phi) is 5.33. The van der Waals surface area contributed by atoms with Gasteiger partial charge in [0, 0.05) is 11.7 Å². The highest BCUT2D eigenvalue weighted by Crippen LogP contribution is 2.24. The van der Waals surface area contributed by atoms with Crippen LogP contribution in [0, 0.1) is 13.8 Å². The monoisotopic (exact) mass is 358 g/mol. The van der Waals surface area contributed by atoms with Gasteiger partial charge in [-0.2, -0.15) is 0 Å². The summed E-state index contributed by atoms with van der Waals surface area (Å²) < 4.78 is 0. The third-order valence-electron chi connectivity index (χ3n) is 4.22. The minimum atomic E-state index is -0.375. The third kappa shape index (κ3) is 4.57. The van der Waals surface area contributed by atoms with Crippen molar-refractivity contribution in [2.24, 2.45) is 0 Å². The number of benzene rings is 1. The van der Waals surface area contributed by atoms with Crippen LogP contribution in [0.1, 0.15) is 46.6 Å². The van der Waals surface area contributed by atoms with Crippen LogP contribution in [0.5, 0.6) is 0 Å². The van der Waals surface area contributed by atoms with E-state index in [1.165, 1.54) is 24.2 Å². The molecule has 0 atom stereocenters. The SMILES string of the molecule is Cc1ccc(NC(=O)Nc2nc(C)c(C(=O)NC3CCCC3)s2)cc1. The average molecular weight is 358 g/mol. The Hall–Kier alpha value is -2.41. The molecule has 6 nitrogen and oxygen atoms in total. The second kappa shape index (κ2) is 7.65. The smallest absolute Gasteiger partial charge is 0.325 e. The molecule has 0 unspecified atom stereocenters. The zero-order valence-corrected chi connectivity index (χ0v) is 15.2. The van der Waals surface area contributed by atoms with Crippen molar-refractivity contribution in [1.29, 1.82) is 0 Å². The molecule has 1 saturated carbocycles. The topological polar surface area (TPSA) is 83.1 Å². The van der Waals surface area contributed by atoms with E-state index in [9.17, 15) is 9.59 Å². The lowest BCUT2D eigenvalue weighted by Crippen LogP contribution is -2.32. The molecule has 1 aromatic carbocycles. The van der Waals surface area contributed by atoms with E-state index in [-0.39, 0.29) is 18.0 Å². The number of carbonyl (C=O) groups is 2. The van der Waals surface area contributed by atoms with E-state index in [1.54, 1.807) is 6.92 Å². The Balaban J connectivity index is 1.60. The van der Waals surface area contributed by atoms with E-state index in [0.29, 0.717) is 21.4 Å². The van der Waals surface area contributed by atoms with Crippen molar-refractivity contribution in [2.45, 2.75) is 45.6 Å². The molecule has 1 aliphatic carbocycles. The first-order valence-corrected chi connectivity index (χ1v) is 9.26. The molecule has 3 rings (SSSR count). The number of aryl methyl sites for hydroxylation is 2. The summed E-state index contributed by atoms with van der Waals surface area (Å²) in [5, 5.41) is 8.91. The molecule has 0 radical (unpaired) electrons. The molecule has 3 N–H and O–H groups in total. The zero-order chi connectivity index (χ0) is 17.8. The van der Waals surface area contributed by atoms with E-state index in [0.717, 1.165) is 18.4 Å². The van der Waals surface area contributed by atoms with Gasteiger partial charge in [0.2, 0.25) is 0 Å². The lowest BCUT2D eigenvalue weighted by Gasteiger charge is -2.10. The van der Waals surface area contributed by atoms with Crippen molar-refractivity contribution < 1.29 is 9.59 Å². The number of anilines is 2. The van der Waals surface area contributed by atoms with Crippen molar-refractivity contribution >= 4 is 34.1 Å². The molecule has 1 heterocycles. The van der Waals surface area contributed by atoms with Gasteiger partial charge in [0.15, 0.2) is 5.13 Å². The van der Waals surface area contributed by atoms with E-state index in [4.69, 9.17) is 0 Å². The van der Waals surface area contributed by atoms with Crippen molar-refractivity contribution in [3.63, 3.8) is 0 Å². The summed E-state index contributed by atoms with van der Waals surface area (Å²) in [7, 11) is 0. The van der Waals surface area contributed by atoms with Gasteiger partial charge in [-0.3, -0.25) is 10.1 Å². The average Bonchev–Trinajstić information content (AvgIpc) is 3.19. The van der Waals surface area contributed by atoms with Crippen LogP contribution in [-0.2, 0) is 0 Å². The molecule has 25 heavy (non-hydrogen) atoms. The van der Waals surface area contributed by atoms with Crippen LogP contribution < -0.4 is 16.0 Å². The van der Waals surface area contributed by atoms with Gasteiger partial charge in [0.25, 0.3) is 5.91 Å². The van der Waals surface area contributed by atoms with Gasteiger partial charge in [-0.25, -0.2) is 9.78 Å². The number of hydrogen-bond acceptors (Lipinski definition) is 4. The fraction of sp³-hybridized carbons (Fsp3) is 0.389. The molecule has 3 amide bonds. The van der Waals surface area contributed by atoms with E-state index in [2.05, 4.69) is 20.9 Å². The molecule has 1 aliphatic rings. The van der Waals surface area contributed by atoms with Crippen molar-refractivity contribution in [2.75, 3.05) is 10.6 Å². The van der Waals surface area contributed by atoms with Gasteiger partial charge < -0.3 is 10.6 Å². The second-order valence-electron chi connectivity index (χ2n) is 6.33. The van der Waals surface area contributed by atoms with Gasteiger partial charge in [-0.05, 0) is 38.8 Å². The molecule has 0 saturated heterocycles. The molecule has 0 bridgehead atoms. The third-order valence-corrected chi connectivity index (χ3v) is 5.29. The number of nitrogens with zero attached hydrogens (tertiary/aromatic N) is 1. The van der Waals surface area contributed by atoms with Crippen molar-refractivity contribution in [1.82, 2.24) is 10.3 Å². The van der Waals surface area contributed by atoms with Crippen LogP contribution in [0.2, 0.25) is 0 Å². The molecule has 1 fully saturated rings. The maximum absolute atomic E-state index is 12.4. The number of nitrogens with one attached hydrogen (secondary N) is 3. The van der Waals surface area contributed by atoms with Crippen LogP contribution in [0.4, 0.5) is 15.6 Å². The first-order chi connectivity index (χ1) is 12.0. The first kappa shape index (κ1) is 17.4. The fourth-order valence-corrected chi connectivity index (χ4v) is 3.74. The highest BCUT2D eigenvalue weighted by atomic mass is 32.1. The highest BCUT2D eigenvalue weighted by Gasteiger charge is 2.21. The molecule has 1 aromatic heterocycles. The van der Waals surface area contributed by atoms with Crippen LogP contribution in [-0.4, -0.2) is 23.0 Å². The fourth-order valence-electron chi connectivity index (χ4n) is 2.88. The maximum Gasteiger partial charge on any atom is 0.325 e. The Labute approximate surface area is 151 Å². The second-order valence-corrected chi connectivity index (χ2v) is 7.33. The van der Waals surface area contributed by atoms with Crippen molar-refractivity contribution in [3.05, 3.63) is 40.4 Å². The lowest BCUT2D eigenvalue weighted by atomic mass is 10.2. The normalized spacial score (nSPS) is 14.3. The van der Waals surface area contributed by atoms with Gasteiger partial charge >= 0.3 is 6.03 Å². The summed E-state index contributed by atoms with van der Waals surface area (Å²) in [5.41, 5.74) is 2.46. The number of urea groups is 1. The highest BCUT2D eigenvalue weighted by molar-refractivity contribution is 7.17. The lowest BCUT2D eigenvalue weighted by molar-refractivity contribution is 0.0941. The van der Waals surface area contributed by atoms with Crippen LogP contribution in [0.3, 0.4) is 0 Å². The molecule has 2 aromatic rings. The Bertz CT molecular complexity index is 764. The molecular weight excluding hydrogens is 336 g/mol. The van der Waals surface area contributed by atoms with Crippen LogP contribution in [0.25, 0.3) is 0 Å². The summed E-state index contributed by atoms with van der Waals surface area (Å²) in [6, 6.07) is 7.41. The van der Waals surface area contributed by atoms with E-state index < -0.39 is 0 Å². The van der Waals surface area contributed by atoms with E-state index >= 15 is 0 Å². The largest absolute Gasteiger partial charge is 0.349 e. The van der Waals surface area contributed by atoms with Crippen LogP contribution >= 0.6 is 11.3 Å². The number of aromatic nitrogens is 1. The van der Waals surface area contributed by atoms with Gasteiger partial charge in [0.1, 0.15) is 4.88 Å². The number of carbonyl (C=O) groups excluding carboxylic acids is 2. The van der Waals surface area contributed by atoms with E-state index in [1.807, 2.05) is 31.2 Å². The summed E-state index contributed by atoms with van der Waals surface area (Å²) in [5.74, 6) is -0.103. The zero-order valence-electron chi connectivity index (χ0n) is 14.4. The number of amides is 3. The molecule has 0 aliphatic heterocycles. The maximum atomic E-state index is 12.4. The van der Waals surface area contributed by atoms with Gasteiger partial charge in [-0.15, -0.1) is 0 Å². The quantitative estimate of drug-likeness (QED) is 0.770. The van der Waals surface area contributed by atoms with Crippen molar-refractivity contribution in [3.8, 4) is 0 Å². The summed E-state index contributed by atoms with van der Waals surface area (Å²) >= 11 is 1.20. The first-order valence-electron chi connectivity index (χ1n) is 8.44. The Morgan fingerprint density at radius 3 is 2.44 bits per heavy atom. The number of hydrogen-bond donors (Lipinski definition) is 3. The number of rotatable bonds is 4. The van der Waals surface area contributed by atoms with Gasteiger partial charge in [-0.1, -0.05) is 41.9 Å². The molecule has 7 heteroatoms. The van der Waals surface area contributed by atoms with Gasteiger partial charge in [0.05, 0.1) is 5.69 Å². The molecule has 132 valence electrons. The minimum Gasteiger partial charge on any atom is -0.349 e. The predicted molar refractivity (Wildman–Crippen MR) is 100 cm³/mol. The summed E-state index contributed by atoms with van der Waals surface area (Å²) in [6.45, 7) is 3.77. The summed E-state index contributed by atoms with van der Waals surface area (Å²) in [6.07, 6.45) is 4.40. The number of thiazole rings is 1. The Morgan fingerprint density at radius 1 is 1.08 bits per heavy atom. The Morgan fingerprint density at radius 2 is 1.76 bits per heavy atom. The standard InChI is InChI=1S/C18H22N4O2S/c1-11-7-9-14(10-8-11)21-17(24)22-18-19-12(2)15(25-18)16(23)20-13-5-3-4-6-13/h7-10,13H,3-6H2,1-2H3,(H,20,23)(H2,19,21,22,24). The molecular formula is C18H22N4O2S. The van der Waals surface area contributed by atoms with Crippen LogP contribution in [0.15, 0.2) is 24.3 Å². The predicted octanol–water partition coefficient (Wildman–Crippen LogP) is 4.08. The minimum absolute atomic E-state index is 0.103. The molecule has 0 spiro atoms. The summed E-state index contributed by atoms with van der Waals surface area (Å²) in [4.78, 5) is 29.3.